The van der Waals surface area contributed by atoms with Crippen LogP contribution in [0.25, 0.3) is 0 Å². The Hall–Kier alpha value is -1.63. The third-order valence-electron chi connectivity index (χ3n) is 8.68. The van der Waals surface area contributed by atoms with Crippen molar-refractivity contribution in [3.8, 4) is 0 Å². The molecule has 7 heteroatoms. The van der Waals surface area contributed by atoms with Crippen LogP contribution in [0, 0.1) is 0 Å². The predicted octanol–water partition coefficient (Wildman–Crippen LogP) is 9.78. The Balaban J connectivity index is 4.34. The Morgan fingerprint density at radius 2 is 0.955 bits per heavy atom. The van der Waals surface area contributed by atoms with Crippen LogP contribution in [0.2, 0.25) is 0 Å². The molecule has 0 aliphatic rings. The third kappa shape index (κ3) is 27.9. The molecule has 0 rings (SSSR count). The van der Waals surface area contributed by atoms with Crippen LogP contribution in [0.4, 0.5) is 0 Å². The fourth-order valence-electron chi connectivity index (χ4n) is 5.76. The van der Waals surface area contributed by atoms with Crippen LogP contribution >= 0.6 is 0 Å². The summed E-state index contributed by atoms with van der Waals surface area (Å²) in [5.74, 6) is -1.95. The highest BCUT2D eigenvalue weighted by Gasteiger charge is 2.27. The van der Waals surface area contributed by atoms with Crippen LogP contribution < -0.4 is 11.1 Å². The number of hydrogen-bond donors (Lipinski definition) is 3. The Kier molecular flexibility index (Phi) is 31.5. The highest BCUT2D eigenvalue weighted by Crippen LogP contribution is 2.16. The number of rotatable bonds is 34. The van der Waals surface area contributed by atoms with E-state index in [1.54, 1.807) is 0 Å². The van der Waals surface area contributed by atoms with E-state index in [-0.39, 0.29) is 12.4 Å². The number of carbonyl (C=O) groups is 3. The molecule has 44 heavy (non-hydrogen) atoms. The Morgan fingerprint density at radius 1 is 0.568 bits per heavy atom. The van der Waals surface area contributed by atoms with Gasteiger partial charge in [0.2, 0.25) is 0 Å². The molecule has 0 fully saturated rings. The van der Waals surface area contributed by atoms with Crippen molar-refractivity contribution in [1.82, 2.24) is 5.32 Å². The summed E-state index contributed by atoms with van der Waals surface area (Å²) in [6, 6.07) is -1.02. The number of carboxylic acid groups (broad SMARTS) is 1. The van der Waals surface area contributed by atoms with Crippen molar-refractivity contribution in [2.45, 2.75) is 212 Å². The zero-order valence-corrected chi connectivity index (χ0v) is 29.0. The van der Waals surface area contributed by atoms with Crippen LogP contribution in [-0.4, -0.2) is 41.6 Å². The van der Waals surface area contributed by atoms with E-state index in [2.05, 4.69) is 19.2 Å². The number of nitrogens with one attached hydrogen (secondary N) is 1. The second-order valence-corrected chi connectivity index (χ2v) is 13.0. The number of unbranched alkanes of at least 4 members (excludes halogenated alkanes) is 23. The number of hydrogen-bond acceptors (Lipinski definition) is 5. The molecule has 0 spiro atoms. The lowest BCUT2D eigenvalue weighted by atomic mass is 10.0. The first-order valence-corrected chi connectivity index (χ1v) is 18.9. The zero-order chi connectivity index (χ0) is 32.5. The summed E-state index contributed by atoms with van der Waals surface area (Å²) in [7, 11) is 0. The van der Waals surface area contributed by atoms with Crippen molar-refractivity contribution in [3.05, 3.63) is 0 Å². The minimum atomic E-state index is -1.09. The van der Waals surface area contributed by atoms with Gasteiger partial charge >= 0.3 is 11.9 Å². The maximum Gasteiger partial charge on any atom is 0.326 e. The van der Waals surface area contributed by atoms with Gasteiger partial charge in [0.05, 0.1) is 0 Å². The molecule has 1 amide bonds. The van der Waals surface area contributed by atoms with Crippen molar-refractivity contribution in [3.63, 3.8) is 0 Å². The number of nitrogens with two attached hydrogens (primary N) is 1. The SMILES string of the molecule is CCCCCCCCCCCCCCCC(=O)OC(CCCCCCCCCCCCCC)C(=O)NC(CCCN)C(=O)O. The number of amides is 1. The molecule has 2 atom stereocenters. The molecule has 7 nitrogen and oxygen atoms in total. The van der Waals surface area contributed by atoms with E-state index in [1.165, 1.54) is 122 Å². The first kappa shape index (κ1) is 42.4. The molecule has 2 unspecified atom stereocenters. The van der Waals surface area contributed by atoms with E-state index < -0.39 is 24.0 Å². The average molecular weight is 625 g/mol. The van der Waals surface area contributed by atoms with Crippen molar-refractivity contribution >= 4 is 17.8 Å². The van der Waals surface area contributed by atoms with Crippen LogP contribution in [0.3, 0.4) is 0 Å². The monoisotopic (exact) mass is 625 g/mol. The number of carboxylic acids is 1. The highest BCUT2D eigenvalue weighted by molar-refractivity contribution is 5.87. The molecule has 0 heterocycles. The van der Waals surface area contributed by atoms with Crippen molar-refractivity contribution in [2.75, 3.05) is 6.54 Å². The molecule has 0 saturated heterocycles. The first-order valence-electron chi connectivity index (χ1n) is 18.9. The van der Waals surface area contributed by atoms with Gasteiger partial charge in [-0.2, -0.15) is 0 Å². The summed E-state index contributed by atoms with van der Waals surface area (Å²) in [6.07, 6.45) is 31.2. The molecule has 0 saturated carbocycles. The van der Waals surface area contributed by atoms with E-state index in [1.807, 2.05) is 0 Å². The van der Waals surface area contributed by atoms with Gasteiger partial charge in [-0.1, -0.05) is 162 Å². The Bertz CT molecular complexity index is 672. The van der Waals surface area contributed by atoms with Gasteiger partial charge in [-0.15, -0.1) is 0 Å². The minimum Gasteiger partial charge on any atom is -0.480 e. The van der Waals surface area contributed by atoms with Gasteiger partial charge in [-0.3, -0.25) is 9.59 Å². The molecule has 0 aromatic rings. The molecule has 4 N–H and O–H groups in total. The first-order chi connectivity index (χ1) is 21.5. The summed E-state index contributed by atoms with van der Waals surface area (Å²) in [5.41, 5.74) is 5.54. The number of carbonyl (C=O) groups excluding carboxylic acids is 2. The van der Waals surface area contributed by atoms with E-state index in [9.17, 15) is 19.5 Å². The van der Waals surface area contributed by atoms with Crippen LogP contribution in [0.1, 0.15) is 200 Å². The lowest BCUT2D eigenvalue weighted by molar-refractivity contribution is -0.157. The molecule has 0 bridgehead atoms. The summed E-state index contributed by atoms with van der Waals surface area (Å²) in [6.45, 7) is 4.86. The van der Waals surface area contributed by atoms with E-state index in [4.69, 9.17) is 10.5 Å². The lowest BCUT2D eigenvalue weighted by Gasteiger charge is -2.21. The highest BCUT2D eigenvalue weighted by atomic mass is 16.5. The molecular formula is C37H72N2O5. The standard InChI is InChI=1S/C37H72N2O5/c1-3-5-7-9-11-13-15-17-19-21-23-25-27-31-35(40)44-34(36(41)39-33(37(42)43)29-28-32-38)30-26-24-22-20-18-16-14-12-10-8-6-4-2/h33-34H,3-32,38H2,1-2H3,(H,39,41)(H,42,43). The number of aliphatic carboxylic acids is 1. The summed E-state index contributed by atoms with van der Waals surface area (Å²) in [4.78, 5) is 37.3. The van der Waals surface area contributed by atoms with Crippen LogP contribution in [0.5, 0.6) is 0 Å². The fourth-order valence-corrected chi connectivity index (χ4v) is 5.76. The summed E-state index contributed by atoms with van der Waals surface area (Å²) >= 11 is 0. The predicted molar refractivity (Wildman–Crippen MR) is 184 cm³/mol. The van der Waals surface area contributed by atoms with Gasteiger partial charge in [0.15, 0.2) is 6.10 Å². The fraction of sp³-hybridized carbons (Fsp3) is 0.919. The van der Waals surface area contributed by atoms with Crippen molar-refractivity contribution in [1.29, 1.82) is 0 Å². The summed E-state index contributed by atoms with van der Waals surface area (Å²) < 4.78 is 5.64. The molecule has 0 aliphatic carbocycles. The average Bonchev–Trinajstić information content (AvgIpc) is 3.01. The quantitative estimate of drug-likeness (QED) is 0.0484. The third-order valence-corrected chi connectivity index (χ3v) is 8.68. The maximum absolute atomic E-state index is 13.0. The molecule has 0 aromatic carbocycles. The lowest BCUT2D eigenvalue weighted by Crippen LogP contribution is -2.47. The van der Waals surface area contributed by atoms with Gasteiger partial charge < -0.3 is 20.9 Å². The second-order valence-electron chi connectivity index (χ2n) is 13.0. The van der Waals surface area contributed by atoms with Crippen LogP contribution in [-0.2, 0) is 19.1 Å². The second kappa shape index (κ2) is 32.8. The van der Waals surface area contributed by atoms with Gasteiger partial charge in [-0.25, -0.2) is 4.79 Å². The maximum atomic E-state index is 13.0. The molecule has 260 valence electrons. The van der Waals surface area contributed by atoms with Crippen molar-refractivity contribution in [2.24, 2.45) is 5.73 Å². The molecule has 0 aliphatic heterocycles. The zero-order valence-electron chi connectivity index (χ0n) is 29.0. The summed E-state index contributed by atoms with van der Waals surface area (Å²) in [5, 5.41) is 12.1. The normalized spacial score (nSPS) is 12.6. The largest absolute Gasteiger partial charge is 0.480 e. The van der Waals surface area contributed by atoms with Gasteiger partial charge in [0.1, 0.15) is 6.04 Å². The number of ether oxygens (including phenoxy) is 1. The molecular weight excluding hydrogens is 552 g/mol. The van der Waals surface area contributed by atoms with E-state index >= 15 is 0 Å². The smallest absolute Gasteiger partial charge is 0.326 e. The van der Waals surface area contributed by atoms with E-state index in [0.717, 1.165) is 38.5 Å². The molecule has 0 aromatic heterocycles. The minimum absolute atomic E-state index is 0.260. The van der Waals surface area contributed by atoms with Crippen molar-refractivity contribution < 1.29 is 24.2 Å². The van der Waals surface area contributed by atoms with Gasteiger partial charge in [0.25, 0.3) is 5.91 Å². The van der Waals surface area contributed by atoms with Gasteiger partial charge in [0, 0.05) is 6.42 Å². The number of esters is 1. The Morgan fingerprint density at radius 3 is 1.34 bits per heavy atom. The van der Waals surface area contributed by atoms with Crippen LogP contribution in [0.15, 0.2) is 0 Å². The van der Waals surface area contributed by atoms with Gasteiger partial charge in [-0.05, 0) is 38.6 Å². The molecule has 0 radical (unpaired) electrons. The Labute approximate surface area is 271 Å². The topological polar surface area (TPSA) is 119 Å². The van der Waals surface area contributed by atoms with E-state index in [0.29, 0.717) is 25.8 Å².